The van der Waals surface area contributed by atoms with Crippen LogP contribution in [0, 0.1) is 0 Å². The van der Waals surface area contributed by atoms with E-state index in [1.807, 2.05) is 12.1 Å². The topological polar surface area (TPSA) is 74.7 Å². The van der Waals surface area contributed by atoms with Gasteiger partial charge in [0.2, 0.25) is 0 Å². The first-order valence-corrected chi connectivity index (χ1v) is 7.14. The molecule has 20 heavy (non-hydrogen) atoms. The zero-order chi connectivity index (χ0) is 13.6. The SMILES string of the molecule is Nc1cc(C2CCC3(CC2)OCCO3)nc2ccnn12. The van der Waals surface area contributed by atoms with Gasteiger partial charge in [0.15, 0.2) is 11.4 Å². The molecular formula is C14H18N4O2. The van der Waals surface area contributed by atoms with Crippen LogP contribution in [0.2, 0.25) is 0 Å². The number of anilines is 1. The highest BCUT2D eigenvalue weighted by Crippen LogP contribution is 2.42. The third-order valence-electron chi connectivity index (χ3n) is 4.39. The highest BCUT2D eigenvalue weighted by atomic mass is 16.7. The second kappa shape index (κ2) is 4.43. The number of aromatic nitrogens is 3. The Morgan fingerprint density at radius 3 is 2.75 bits per heavy atom. The van der Waals surface area contributed by atoms with Gasteiger partial charge in [0.1, 0.15) is 5.82 Å². The lowest BCUT2D eigenvalue weighted by Crippen LogP contribution is -2.34. The van der Waals surface area contributed by atoms with Crippen LogP contribution in [-0.2, 0) is 9.47 Å². The number of nitrogen functional groups attached to an aromatic ring is 1. The number of rotatable bonds is 1. The predicted octanol–water partition coefficient (Wildman–Crippen LogP) is 1.71. The van der Waals surface area contributed by atoms with Crippen LogP contribution >= 0.6 is 0 Å². The third-order valence-corrected chi connectivity index (χ3v) is 4.39. The third kappa shape index (κ3) is 1.87. The largest absolute Gasteiger partial charge is 0.384 e. The highest BCUT2D eigenvalue weighted by Gasteiger charge is 2.40. The van der Waals surface area contributed by atoms with E-state index in [9.17, 15) is 0 Å². The molecule has 0 amide bonds. The summed E-state index contributed by atoms with van der Waals surface area (Å²) < 4.78 is 13.2. The fourth-order valence-corrected chi connectivity index (χ4v) is 3.31. The molecule has 0 aromatic carbocycles. The van der Waals surface area contributed by atoms with Crippen molar-refractivity contribution in [3.8, 4) is 0 Å². The maximum Gasteiger partial charge on any atom is 0.168 e. The lowest BCUT2D eigenvalue weighted by Gasteiger charge is -2.35. The Morgan fingerprint density at radius 1 is 1.25 bits per heavy atom. The Kier molecular flexibility index (Phi) is 2.68. The van der Waals surface area contributed by atoms with E-state index in [0.29, 0.717) is 11.7 Å². The van der Waals surface area contributed by atoms with Crippen molar-refractivity contribution in [3.63, 3.8) is 0 Å². The van der Waals surface area contributed by atoms with Gasteiger partial charge in [-0.25, -0.2) is 4.98 Å². The second-order valence-electron chi connectivity index (χ2n) is 5.59. The van der Waals surface area contributed by atoms with E-state index in [0.717, 1.165) is 50.2 Å². The van der Waals surface area contributed by atoms with Gasteiger partial charge < -0.3 is 15.2 Å². The van der Waals surface area contributed by atoms with Crippen molar-refractivity contribution in [3.05, 3.63) is 24.0 Å². The molecule has 2 N–H and O–H groups in total. The Bertz CT molecular complexity index is 623. The fourth-order valence-electron chi connectivity index (χ4n) is 3.31. The summed E-state index contributed by atoms with van der Waals surface area (Å²) in [5.74, 6) is 0.752. The number of hydrogen-bond acceptors (Lipinski definition) is 5. The smallest absolute Gasteiger partial charge is 0.168 e. The Balaban J connectivity index is 1.58. The minimum Gasteiger partial charge on any atom is -0.384 e. The molecule has 0 atom stereocenters. The average molecular weight is 274 g/mol. The summed E-state index contributed by atoms with van der Waals surface area (Å²) in [5.41, 5.74) is 7.91. The van der Waals surface area contributed by atoms with Crippen molar-refractivity contribution in [2.24, 2.45) is 0 Å². The molecule has 4 rings (SSSR count). The monoisotopic (exact) mass is 274 g/mol. The first kappa shape index (κ1) is 12.1. The molecule has 6 nitrogen and oxygen atoms in total. The Hall–Kier alpha value is -1.66. The van der Waals surface area contributed by atoms with Crippen LogP contribution < -0.4 is 5.73 Å². The molecule has 6 heteroatoms. The number of nitrogens with zero attached hydrogens (tertiary/aromatic N) is 3. The summed E-state index contributed by atoms with van der Waals surface area (Å²) in [6, 6.07) is 3.83. The molecule has 1 saturated heterocycles. The summed E-state index contributed by atoms with van der Waals surface area (Å²) in [5, 5.41) is 4.15. The van der Waals surface area contributed by atoms with Gasteiger partial charge in [0.25, 0.3) is 0 Å². The number of ether oxygens (including phenoxy) is 2. The standard InChI is InChI=1S/C14H18N4O2/c15-12-9-11(17-13-3-6-16-18(12)13)10-1-4-14(5-2-10)19-7-8-20-14/h3,6,9-10H,1-2,4-5,7-8,15H2. The minimum atomic E-state index is -0.317. The number of hydrogen-bond donors (Lipinski definition) is 1. The van der Waals surface area contributed by atoms with Gasteiger partial charge in [-0.1, -0.05) is 0 Å². The van der Waals surface area contributed by atoms with Gasteiger partial charge in [-0.2, -0.15) is 9.61 Å². The molecule has 0 unspecified atom stereocenters. The molecular weight excluding hydrogens is 256 g/mol. The van der Waals surface area contributed by atoms with Crippen molar-refractivity contribution < 1.29 is 9.47 Å². The molecule has 2 aromatic rings. The maximum absolute atomic E-state index is 6.03. The highest BCUT2D eigenvalue weighted by molar-refractivity contribution is 5.47. The summed E-state index contributed by atoms with van der Waals surface area (Å²) in [6.45, 7) is 1.44. The fraction of sp³-hybridized carbons (Fsp3) is 0.571. The van der Waals surface area contributed by atoms with Crippen molar-refractivity contribution in [2.45, 2.75) is 37.4 Å². The Labute approximate surface area is 116 Å². The molecule has 1 aliphatic heterocycles. The van der Waals surface area contributed by atoms with Gasteiger partial charge in [-0.05, 0) is 12.8 Å². The molecule has 106 valence electrons. The van der Waals surface area contributed by atoms with Crippen LogP contribution in [0.4, 0.5) is 5.82 Å². The van der Waals surface area contributed by atoms with Crippen molar-refractivity contribution in [2.75, 3.05) is 18.9 Å². The van der Waals surface area contributed by atoms with E-state index < -0.39 is 0 Å². The van der Waals surface area contributed by atoms with Crippen molar-refractivity contribution in [1.29, 1.82) is 0 Å². The lowest BCUT2D eigenvalue weighted by molar-refractivity contribution is -0.178. The molecule has 3 heterocycles. The molecule has 1 spiro atoms. The molecule has 2 fully saturated rings. The predicted molar refractivity (Wildman–Crippen MR) is 73.2 cm³/mol. The first-order chi connectivity index (χ1) is 9.76. The van der Waals surface area contributed by atoms with Gasteiger partial charge in [-0.3, -0.25) is 0 Å². The van der Waals surface area contributed by atoms with E-state index in [-0.39, 0.29) is 5.79 Å². The Morgan fingerprint density at radius 2 is 2.00 bits per heavy atom. The van der Waals surface area contributed by atoms with Crippen LogP contribution in [0.15, 0.2) is 18.3 Å². The number of nitrogens with two attached hydrogens (primary N) is 1. The quantitative estimate of drug-likeness (QED) is 0.857. The van der Waals surface area contributed by atoms with Crippen LogP contribution in [0.3, 0.4) is 0 Å². The van der Waals surface area contributed by atoms with Gasteiger partial charge in [0, 0.05) is 36.6 Å². The van der Waals surface area contributed by atoms with Gasteiger partial charge in [-0.15, -0.1) is 0 Å². The summed E-state index contributed by atoms with van der Waals surface area (Å²) in [4.78, 5) is 4.67. The minimum absolute atomic E-state index is 0.317. The van der Waals surface area contributed by atoms with Crippen LogP contribution in [0.25, 0.3) is 5.65 Å². The van der Waals surface area contributed by atoms with E-state index in [1.54, 1.807) is 10.7 Å². The number of fused-ring (bicyclic) bond motifs is 1. The van der Waals surface area contributed by atoms with E-state index in [4.69, 9.17) is 15.2 Å². The molecule has 2 aliphatic rings. The molecule has 1 saturated carbocycles. The normalized spacial score (nSPS) is 22.8. The molecule has 2 aromatic heterocycles. The van der Waals surface area contributed by atoms with E-state index in [2.05, 4.69) is 10.1 Å². The lowest BCUT2D eigenvalue weighted by atomic mass is 9.83. The van der Waals surface area contributed by atoms with Crippen LogP contribution in [0.5, 0.6) is 0 Å². The van der Waals surface area contributed by atoms with Crippen molar-refractivity contribution in [1.82, 2.24) is 14.6 Å². The first-order valence-electron chi connectivity index (χ1n) is 7.14. The van der Waals surface area contributed by atoms with Gasteiger partial charge in [0.05, 0.1) is 19.4 Å². The van der Waals surface area contributed by atoms with Crippen molar-refractivity contribution >= 4 is 11.5 Å². The van der Waals surface area contributed by atoms with E-state index >= 15 is 0 Å². The zero-order valence-electron chi connectivity index (χ0n) is 11.3. The van der Waals surface area contributed by atoms with E-state index in [1.165, 1.54) is 0 Å². The molecule has 0 radical (unpaired) electrons. The maximum atomic E-state index is 6.03. The van der Waals surface area contributed by atoms with Crippen LogP contribution in [0.1, 0.15) is 37.3 Å². The second-order valence-corrected chi connectivity index (χ2v) is 5.59. The zero-order valence-corrected chi connectivity index (χ0v) is 11.3. The summed E-state index contributed by atoms with van der Waals surface area (Å²) >= 11 is 0. The van der Waals surface area contributed by atoms with Crippen LogP contribution in [-0.4, -0.2) is 33.6 Å². The summed E-state index contributed by atoms with van der Waals surface area (Å²) in [7, 11) is 0. The average Bonchev–Trinajstić information content (AvgIpc) is 3.09. The summed E-state index contributed by atoms with van der Waals surface area (Å²) in [6.07, 6.45) is 5.64. The molecule has 0 bridgehead atoms. The van der Waals surface area contributed by atoms with Gasteiger partial charge >= 0.3 is 0 Å². The molecule has 1 aliphatic carbocycles.